The van der Waals surface area contributed by atoms with Gasteiger partial charge in [0.2, 0.25) is 4.96 Å². The van der Waals surface area contributed by atoms with Crippen molar-refractivity contribution in [3.05, 3.63) is 58.1 Å². The molecule has 0 aromatic carbocycles. The van der Waals surface area contributed by atoms with E-state index in [0.29, 0.717) is 9.41 Å². The number of aromatic nitrogens is 3. The van der Waals surface area contributed by atoms with Crippen molar-refractivity contribution in [1.29, 1.82) is 0 Å². The second-order valence-corrected chi connectivity index (χ2v) is 6.15. The standard InChI is InChI=1S/C11H6N4O4S2/c1-5-9(16)12-11-14(13-5)10(17)7(21-11)4-6-2-3-8(20-6)15(18)19/h2-4H,1H3. The van der Waals surface area contributed by atoms with Crippen molar-refractivity contribution in [2.45, 2.75) is 6.92 Å². The van der Waals surface area contributed by atoms with E-state index in [1.165, 1.54) is 19.1 Å². The Kier molecular flexibility index (Phi) is 3.11. The van der Waals surface area contributed by atoms with Crippen LogP contribution in [0.15, 0.2) is 21.7 Å². The summed E-state index contributed by atoms with van der Waals surface area (Å²) in [4.78, 5) is 38.3. The lowest BCUT2D eigenvalue weighted by Crippen LogP contribution is -2.26. The molecular formula is C11H6N4O4S2. The van der Waals surface area contributed by atoms with Gasteiger partial charge >= 0.3 is 5.00 Å². The highest BCUT2D eigenvalue weighted by Gasteiger charge is 2.11. The van der Waals surface area contributed by atoms with Crippen LogP contribution in [-0.4, -0.2) is 19.5 Å². The Hall–Kier alpha value is -2.46. The van der Waals surface area contributed by atoms with Crippen molar-refractivity contribution in [3.8, 4) is 0 Å². The average molecular weight is 322 g/mol. The summed E-state index contributed by atoms with van der Waals surface area (Å²) < 4.78 is 1.38. The minimum atomic E-state index is -0.490. The summed E-state index contributed by atoms with van der Waals surface area (Å²) in [6.07, 6.45) is 1.53. The first-order valence-electron chi connectivity index (χ1n) is 5.62. The monoisotopic (exact) mass is 322 g/mol. The van der Waals surface area contributed by atoms with Gasteiger partial charge in [0.1, 0.15) is 5.69 Å². The predicted octanol–water partition coefficient (Wildman–Crippen LogP) is 0.337. The Morgan fingerprint density at radius 3 is 2.76 bits per heavy atom. The van der Waals surface area contributed by atoms with E-state index >= 15 is 0 Å². The predicted molar refractivity (Wildman–Crippen MR) is 77.9 cm³/mol. The molecule has 106 valence electrons. The fourth-order valence-corrected chi connectivity index (χ4v) is 3.37. The highest BCUT2D eigenvalue weighted by molar-refractivity contribution is 7.17. The van der Waals surface area contributed by atoms with E-state index in [9.17, 15) is 19.7 Å². The normalized spacial score (nSPS) is 12.1. The van der Waals surface area contributed by atoms with Gasteiger partial charge in [-0.05, 0) is 19.1 Å². The number of nitro groups is 1. The third-order valence-corrected chi connectivity index (χ3v) is 4.55. The second kappa shape index (κ2) is 4.82. The number of rotatable bonds is 2. The topological polar surface area (TPSA) is 107 Å². The van der Waals surface area contributed by atoms with Gasteiger partial charge in [0.15, 0.2) is 0 Å². The molecule has 0 radical (unpaired) electrons. The lowest BCUT2D eigenvalue weighted by Gasteiger charge is -1.89. The van der Waals surface area contributed by atoms with Crippen molar-refractivity contribution in [3.63, 3.8) is 0 Å². The lowest BCUT2D eigenvalue weighted by atomic mass is 10.4. The van der Waals surface area contributed by atoms with Crippen molar-refractivity contribution in [2.75, 3.05) is 0 Å². The van der Waals surface area contributed by atoms with E-state index in [4.69, 9.17) is 0 Å². The van der Waals surface area contributed by atoms with Crippen LogP contribution >= 0.6 is 22.7 Å². The first-order chi connectivity index (χ1) is 9.95. The van der Waals surface area contributed by atoms with E-state index < -0.39 is 16.0 Å². The number of hydrogen-bond donors (Lipinski definition) is 0. The summed E-state index contributed by atoms with van der Waals surface area (Å²) in [7, 11) is 0. The van der Waals surface area contributed by atoms with Crippen molar-refractivity contribution in [2.24, 2.45) is 0 Å². The number of thiophene rings is 1. The Morgan fingerprint density at radius 2 is 2.10 bits per heavy atom. The van der Waals surface area contributed by atoms with E-state index in [1.807, 2.05) is 0 Å². The van der Waals surface area contributed by atoms with Gasteiger partial charge < -0.3 is 0 Å². The van der Waals surface area contributed by atoms with Crippen LogP contribution in [0.1, 0.15) is 10.6 Å². The summed E-state index contributed by atoms with van der Waals surface area (Å²) in [5.74, 6) is 0. The van der Waals surface area contributed by atoms with E-state index in [-0.39, 0.29) is 15.7 Å². The number of fused-ring (bicyclic) bond motifs is 1. The SMILES string of the molecule is Cc1nn2c(=O)c(=Cc3ccc([N+](=O)[O-])s3)sc2nc1=O. The fraction of sp³-hybridized carbons (Fsp3) is 0.0909. The molecule has 0 N–H and O–H groups in total. The molecule has 0 bridgehead atoms. The third kappa shape index (κ3) is 2.34. The maximum absolute atomic E-state index is 12.1. The maximum Gasteiger partial charge on any atom is 0.324 e. The summed E-state index contributed by atoms with van der Waals surface area (Å²) in [5, 5.41) is 14.5. The van der Waals surface area contributed by atoms with Gasteiger partial charge in [-0.15, -0.1) is 0 Å². The molecule has 0 saturated carbocycles. The molecule has 3 aromatic heterocycles. The molecule has 21 heavy (non-hydrogen) atoms. The highest BCUT2D eigenvalue weighted by atomic mass is 32.1. The molecule has 0 aliphatic heterocycles. The van der Waals surface area contributed by atoms with Crippen LogP contribution in [0.4, 0.5) is 5.00 Å². The van der Waals surface area contributed by atoms with Gasteiger partial charge in [0, 0.05) is 10.9 Å². The third-order valence-electron chi connectivity index (χ3n) is 2.61. The number of hydrogen-bond acceptors (Lipinski definition) is 8. The number of thiazole rings is 1. The van der Waals surface area contributed by atoms with Crippen molar-refractivity contribution >= 4 is 38.7 Å². The Morgan fingerprint density at radius 1 is 1.33 bits per heavy atom. The molecule has 8 nitrogen and oxygen atoms in total. The first kappa shape index (κ1) is 13.5. The molecule has 0 aliphatic carbocycles. The number of aryl methyl sites for hydroxylation is 1. The fourth-order valence-electron chi connectivity index (χ4n) is 1.63. The molecule has 0 spiro atoms. The van der Waals surface area contributed by atoms with Crippen LogP contribution in [0.25, 0.3) is 11.0 Å². The molecule has 3 heterocycles. The molecule has 0 amide bonds. The molecule has 0 fully saturated rings. The molecule has 0 atom stereocenters. The van der Waals surface area contributed by atoms with E-state index in [2.05, 4.69) is 10.1 Å². The smallest absolute Gasteiger partial charge is 0.266 e. The van der Waals surface area contributed by atoms with Gasteiger partial charge in [-0.1, -0.05) is 22.7 Å². The van der Waals surface area contributed by atoms with Crippen LogP contribution in [0.5, 0.6) is 0 Å². The van der Waals surface area contributed by atoms with Crippen LogP contribution in [0.2, 0.25) is 0 Å². The van der Waals surface area contributed by atoms with Crippen LogP contribution in [0, 0.1) is 17.0 Å². The van der Waals surface area contributed by atoms with Gasteiger partial charge in [0.05, 0.1) is 9.46 Å². The maximum atomic E-state index is 12.1. The highest BCUT2D eigenvalue weighted by Crippen LogP contribution is 2.24. The van der Waals surface area contributed by atoms with Gasteiger partial charge in [-0.3, -0.25) is 19.7 Å². The molecule has 3 rings (SSSR count). The van der Waals surface area contributed by atoms with Crippen LogP contribution in [0.3, 0.4) is 0 Å². The average Bonchev–Trinajstić information content (AvgIpc) is 2.99. The largest absolute Gasteiger partial charge is 0.324 e. The Bertz CT molecular complexity index is 1030. The lowest BCUT2D eigenvalue weighted by molar-refractivity contribution is -0.380. The Labute approximate surface area is 123 Å². The van der Waals surface area contributed by atoms with E-state index in [1.54, 1.807) is 6.07 Å². The minimum absolute atomic E-state index is 0.00333. The van der Waals surface area contributed by atoms with Crippen molar-refractivity contribution in [1.82, 2.24) is 14.6 Å². The number of nitrogens with zero attached hydrogens (tertiary/aromatic N) is 4. The van der Waals surface area contributed by atoms with Gasteiger partial charge in [0.25, 0.3) is 11.1 Å². The first-order valence-corrected chi connectivity index (χ1v) is 7.25. The van der Waals surface area contributed by atoms with Crippen LogP contribution in [-0.2, 0) is 0 Å². The molecule has 0 unspecified atom stereocenters. The van der Waals surface area contributed by atoms with E-state index in [0.717, 1.165) is 27.2 Å². The zero-order chi connectivity index (χ0) is 15.1. The molecule has 0 saturated heterocycles. The molecule has 0 aliphatic rings. The van der Waals surface area contributed by atoms with Crippen molar-refractivity contribution < 1.29 is 4.92 Å². The molecule has 10 heteroatoms. The Balaban J connectivity index is 2.22. The summed E-state index contributed by atoms with van der Waals surface area (Å²) in [6, 6.07) is 2.93. The summed E-state index contributed by atoms with van der Waals surface area (Å²) in [5.41, 5.74) is -0.739. The zero-order valence-corrected chi connectivity index (χ0v) is 12.1. The molecule has 3 aromatic rings. The zero-order valence-electron chi connectivity index (χ0n) is 10.5. The summed E-state index contributed by atoms with van der Waals surface area (Å²) in [6.45, 7) is 1.48. The quantitative estimate of drug-likeness (QED) is 0.497. The van der Waals surface area contributed by atoms with Crippen LogP contribution < -0.4 is 15.7 Å². The van der Waals surface area contributed by atoms with Gasteiger partial charge in [-0.2, -0.15) is 14.6 Å². The van der Waals surface area contributed by atoms with Gasteiger partial charge in [-0.25, -0.2) is 0 Å². The summed E-state index contributed by atoms with van der Waals surface area (Å²) >= 11 is 1.98. The molecular weight excluding hydrogens is 316 g/mol. The minimum Gasteiger partial charge on any atom is -0.266 e. The second-order valence-electron chi connectivity index (χ2n) is 4.05.